The highest BCUT2D eigenvalue weighted by Crippen LogP contribution is 1.92. The molecule has 0 fully saturated rings. The Morgan fingerprint density at radius 1 is 1.67 bits per heavy atom. The molecule has 0 aliphatic rings. The minimum absolute atomic E-state index is 0.0589. The number of ether oxygens (including phenoxy) is 2. The Labute approximate surface area is 56.3 Å². The zero-order valence-electron chi connectivity index (χ0n) is 5.09. The van der Waals surface area contributed by atoms with Crippen molar-refractivity contribution in [1.29, 1.82) is 0 Å². The third kappa shape index (κ3) is 4.83. The molecule has 0 rings (SSSR count). The highest BCUT2D eigenvalue weighted by atomic mass is 16.7. The van der Waals surface area contributed by atoms with Gasteiger partial charge >= 0.3 is 0 Å². The first-order chi connectivity index (χ1) is 4.31. The molecule has 0 N–H and O–H groups in total. The average molecular weight is 122 g/mol. The number of rotatable bonds is 4. The molecule has 0 aromatic heterocycles. The van der Waals surface area contributed by atoms with E-state index in [0.29, 0.717) is 0 Å². The second-order valence-corrected chi connectivity index (χ2v) is 1.18. The molecule has 9 heavy (non-hydrogen) atoms. The largest absolute Gasteiger partial charge is 0.476 e. The summed E-state index contributed by atoms with van der Waals surface area (Å²) in [4.78, 5) is 0. The van der Waals surface area contributed by atoms with Gasteiger partial charge in [0.1, 0.15) is 7.85 Å². The lowest BCUT2D eigenvalue weighted by Crippen LogP contribution is -1.97. The Morgan fingerprint density at radius 3 is 2.78 bits per heavy atom. The quantitative estimate of drug-likeness (QED) is 0.302. The first-order valence-electron chi connectivity index (χ1n) is 2.39. The topological polar surface area (TPSA) is 18.5 Å². The van der Waals surface area contributed by atoms with Gasteiger partial charge in [-0.05, 0) is 6.58 Å². The van der Waals surface area contributed by atoms with E-state index >= 15 is 0 Å². The van der Waals surface area contributed by atoms with Crippen molar-refractivity contribution in [3.05, 3.63) is 12.5 Å². The predicted octanol–water partition coefficient (Wildman–Crippen LogP) is 0.250. The van der Waals surface area contributed by atoms with Crippen molar-refractivity contribution in [2.75, 3.05) is 13.1 Å². The van der Waals surface area contributed by atoms with Crippen LogP contribution in [-0.2, 0) is 9.47 Å². The smallest absolute Gasteiger partial charge is 0.271 e. The van der Waals surface area contributed by atoms with Crippen molar-refractivity contribution in [2.45, 2.75) is 0 Å². The van der Waals surface area contributed by atoms with Gasteiger partial charge < -0.3 is 9.47 Å². The molecule has 2 radical (unpaired) electrons. The van der Waals surface area contributed by atoms with E-state index < -0.39 is 0 Å². The number of hydrogen-bond acceptors (Lipinski definition) is 2. The van der Waals surface area contributed by atoms with Crippen molar-refractivity contribution in [3.63, 3.8) is 0 Å². The molecule has 0 spiro atoms. The maximum atomic E-state index is 4.99. The number of terminal acetylenes is 1. The molecular weight excluding hydrogens is 115 g/mol. The molecule has 3 heteroatoms. The Hall–Kier alpha value is -1.04. The Kier molecular flexibility index (Phi) is 4.52. The van der Waals surface area contributed by atoms with Crippen LogP contribution in [0.15, 0.2) is 12.5 Å². The predicted molar refractivity (Wildman–Crippen MR) is 35.6 cm³/mol. The van der Waals surface area contributed by atoms with Gasteiger partial charge in [0.05, 0.1) is 0 Å². The number of hydrogen-bond donors (Lipinski definition) is 0. The fourth-order valence-corrected chi connectivity index (χ4v) is 0.257. The van der Waals surface area contributed by atoms with E-state index in [4.69, 9.17) is 19.0 Å². The summed E-state index contributed by atoms with van der Waals surface area (Å²) in [6, 6.07) is 0. The van der Waals surface area contributed by atoms with E-state index in [-0.39, 0.29) is 19.1 Å². The van der Waals surface area contributed by atoms with E-state index in [2.05, 4.69) is 17.2 Å². The fourth-order valence-electron chi connectivity index (χ4n) is 0.257. The summed E-state index contributed by atoms with van der Waals surface area (Å²) >= 11 is 0. The molecule has 0 heterocycles. The van der Waals surface area contributed by atoms with Crippen LogP contribution >= 0.6 is 0 Å². The molecule has 2 nitrogen and oxygen atoms in total. The summed E-state index contributed by atoms with van der Waals surface area (Å²) < 4.78 is 9.31. The van der Waals surface area contributed by atoms with Crippen molar-refractivity contribution >= 4 is 7.85 Å². The minimum atomic E-state index is 0.0589. The zero-order chi connectivity index (χ0) is 7.11. The van der Waals surface area contributed by atoms with Crippen molar-refractivity contribution in [3.8, 4) is 12.3 Å². The minimum Gasteiger partial charge on any atom is -0.476 e. The molecule has 0 aromatic rings. The molecule has 0 saturated heterocycles. The summed E-state index contributed by atoms with van der Waals surface area (Å²) in [6.07, 6.45) is 4.87. The second-order valence-electron chi connectivity index (χ2n) is 1.18. The van der Waals surface area contributed by atoms with Crippen LogP contribution in [0, 0.1) is 12.3 Å². The van der Waals surface area contributed by atoms with Gasteiger partial charge in [0.15, 0.2) is 6.61 Å². The van der Waals surface area contributed by atoms with Crippen LogP contribution in [0.5, 0.6) is 0 Å². The molecule has 0 saturated carbocycles. The summed E-state index contributed by atoms with van der Waals surface area (Å²) in [6.45, 7) is 3.59. The Bertz CT molecular complexity index is 126. The summed E-state index contributed by atoms with van der Waals surface area (Å²) in [5, 5.41) is 0. The average Bonchev–Trinajstić information content (AvgIpc) is 1.85. The lowest BCUT2D eigenvalue weighted by atomic mass is 10.2. The molecule has 0 unspecified atom stereocenters. The highest BCUT2D eigenvalue weighted by Gasteiger charge is 1.87. The lowest BCUT2D eigenvalue weighted by Gasteiger charge is -2.04. The zero-order valence-corrected chi connectivity index (χ0v) is 5.09. The highest BCUT2D eigenvalue weighted by molar-refractivity contribution is 6.08. The van der Waals surface area contributed by atoms with E-state index in [0.717, 1.165) is 0 Å². The van der Waals surface area contributed by atoms with Gasteiger partial charge in [-0.3, -0.25) is 0 Å². The Balaban J connectivity index is 3.19. The van der Waals surface area contributed by atoms with E-state index in [9.17, 15) is 0 Å². The van der Waals surface area contributed by atoms with Crippen molar-refractivity contribution < 1.29 is 9.47 Å². The first-order valence-corrected chi connectivity index (χ1v) is 2.39. The first kappa shape index (κ1) is 7.96. The van der Waals surface area contributed by atoms with Gasteiger partial charge in [-0.15, -0.1) is 6.42 Å². The van der Waals surface area contributed by atoms with Gasteiger partial charge in [-0.25, -0.2) is 0 Å². The summed E-state index contributed by atoms with van der Waals surface area (Å²) in [7, 11) is 4.99. The van der Waals surface area contributed by atoms with Gasteiger partial charge in [0.25, 0.3) is 5.95 Å². The van der Waals surface area contributed by atoms with Gasteiger partial charge in [-0.1, -0.05) is 5.92 Å². The molecular formula is C6H7BO2. The molecule has 0 amide bonds. The van der Waals surface area contributed by atoms with Crippen molar-refractivity contribution in [1.82, 2.24) is 0 Å². The van der Waals surface area contributed by atoms with Crippen molar-refractivity contribution in [2.24, 2.45) is 0 Å². The molecule has 0 atom stereocenters. The van der Waals surface area contributed by atoms with Crippen LogP contribution in [0.2, 0.25) is 0 Å². The summed E-state index contributed by atoms with van der Waals surface area (Å²) in [5.74, 6) is 2.42. The third-order valence-electron chi connectivity index (χ3n) is 0.561. The van der Waals surface area contributed by atoms with Crippen LogP contribution in [-0.4, -0.2) is 21.0 Å². The van der Waals surface area contributed by atoms with Gasteiger partial charge in [-0.2, -0.15) is 0 Å². The molecule has 0 bridgehead atoms. The van der Waals surface area contributed by atoms with E-state index in [1.54, 1.807) is 0 Å². The standard InChI is InChI=1S/C6H7BO2/c1-3-4-8-6(2)9-5-7/h1H,2,4-5H2. The normalized spacial score (nSPS) is 7.44. The van der Waals surface area contributed by atoms with Gasteiger partial charge in [0.2, 0.25) is 0 Å². The van der Waals surface area contributed by atoms with Crippen LogP contribution in [0.1, 0.15) is 0 Å². The SMILES string of the molecule is [B]COC(=C)OCC#C. The third-order valence-corrected chi connectivity index (χ3v) is 0.561. The maximum absolute atomic E-state index is 4.99. The molecule has 0 aromatic carbocycles. The monoisotopic (exact) mass is 122 g/mol. The van der Waals surface area contributed by atoms with E-state index in [1.807, 2.05) is 0 Å². The molecule has 0 aliphatic heterocycles. The lowest BCUT2D eigenvalue weighted by molar-refractivity contribution is 0.0723. The van der Waals surface area contributed by atoms with Crippen LogP contribution < -0.4 is 0 Å². The second kappa shape index (κ2) is 5.11. The molecule has 46 valence electrons. The van der Waals surface area contributed by atoms with Gasteiger partial charge in [0, 0.05) is 6.51 Å². The van der Waals surface area contributed by atoms with Crippen LogP contribution in [0.3, 0.4) is 0 Å². The summed E-state index contributed by atoms with van der Waals surface area (Å²) in [5.41, 5.74) is 0. The van der Waals surface area contributed by atoms with E-state index in [1.165, 1.54) is 0 Å². The fraction of sp³-hybridized carbons (Fsp3) is 0.333. The Morgan fingerprint density at radius 2 is 2.33 bits per heavy atom. The molecule has 0 aliphatic carbocycles. The maximum Gasteiger partial charge on any atom is 0.271 e. The van der Waals surface area contributed by atoms with Crippen LogP contribution in [0.25, 0.3) is 0 Å². The van der Waals surface area contributed by atoms with Crippen LogP contribution in [0.4, 0.5) is 0 Å².